The predicted octanol–water partition coefficient (Wildman–Crippen LogP) is 4.06. The highest BCUT2D eigenvalue weighted by molar-refractivity contribution is 5.80. The van der Waals surface area contributed by atoms with E-state index in [0.29, 0.717) is 17.6 Å². The van der Waals surface area contributed by atoms with E-state index in [1.165, 1.54) is 6.42 Å². The summed E-state index contributed by atoms with van der Waals surface area (Å²) in [6.07, 6.45) is 9.35. The molecule has 1 atom stereocenters. The largest absolute Gasteiger partial charge is 0.356 e. The van der Waals surface area contributed by atoms with E-state index in [2.05, 4.69) is 15.0 Å². The first-order valence-corrected chi connectivity index (χ1v) is 10.8. The number of aryl methyl sites for hydroxylation is 1. The Balaban J connectivity index is 1.74. The molecule has 0 bridgehead atoms. The zero-order valence-electron chi connectivity index (χ0n) is 17.9. The smallest absolute Gasteiger partial charge is 0.226 e. The van der Waals surface area contributed by atoms with Gasteiger partial charge in [-0.3, -0.25) is 4.79 Å². The van der Waals surface area contributed by atoms with E-state index in [-0.39, 0.29) is 12.0 Å². The molecule has 0 aromatic carbocycles. The predicted molar refractivity (Wildman–Crippen MR) is 112 cm³/mol. The summed E-state index contributed by atoms with van der Waals surface area (Å²) in [5.74, 6) is 1.82. The molecule has 1 amide bonds. The van der Waals surface area contributed by atoms with Crippen LogP contribution in [-0.4, -0.2) is 46.6 Å². The van der Waals surface area contributed by atoms with E-state index in [1.54, 1.807) is 0 Å². The van der Waals surface area contributed by atoms with Gasteiger partial charge >= 0.3 is 0 Å². The molecule has 2 fully saturated rings. The molecule has 1 aliphatic carbocycles. The summed E-state index contributed by atoms with van der Waals surface area (Å²) >= 11 is 0. The maximum atomic E-state index is 13.4. The molecule has 0 radical (unpaired) electrons. The van der Waals surface area contributed by atoms with Crippen LogP contribution in [0.1, 0.15) is 67.9 Å². The molecule has 2 aliphatic rings. The van der Waals surface area contributed by atoms with Gasteiger partial charge in [0.05, 0.1) is 23.0 Å². The lowest BCUT2D eigenvalue weighted by atomic mass is 9.88. The monoisotopic (exact) mass is 397 g/mol. The summed E-state index contributed by atoms with van der Waals surface area (Å²) in [4.78, 5) is 26.7. The van der Waals surface area contributed by atoms with Crippen molar-refractivity contribution in [3.05, 3.63) is 23.1 Å². The van der Waals surface area contributed by atoms with Crippen LogP contribution < -0.4 is 4.90 Å². The lowest BCUT2D eigenvalue weighted by Crippen LogP contribution is -2.37. The number of carbonyl (C=O) groups excluding carboxylic acids is 1. The number of aromatic nitrogens is 3. The van der Waals surface area contributed by atoms with Crippen molar-refractivity contribution >= 4 is 11.9 Å². The molecule has 1 saturated carbocycles. The molecule has 156 valence electrons. The second-order valence-corrected chi connectivity index (χ2v) is 8.61. The van der Waals surface area contributed by atoms with Gasteiger partial charge in [-0.25, -0.2) is 9.97 Å². The van der Waals surface area contributed by atoms with Crippen molar-refractivity contribution in [1.29, 1.82) is 0 Å². The minimum absolute atomic E-state index is 0.0362. The van der Waals surface area contributed by atoms with Gasteiger partial charge in [0, 0.05) is 38.3 Å². The molecule has 7 nitrogen and oxygen atoms in total. The first-order valence-electron chi connectivity index (χ1n) is 10.8. The van der Waals surface area contributed by atoms with E-state index >= 15 is 0 Å². The molecule has 4 rings (SSSR count). The minimum atomic E-state index is -0.0362. The van der Waals surface area contributed by atoms with Crippen LogP contribution in [0.25, 0.3) is 11.3 Å². The van der Waals surface area contributed by atoms with Gasteiger partial charge in [-0.15, -0.1) is 0 Å². The van der Waals surface area contributed by atoms with Crippen molar-refractivity contribution in [3.63, 3.8) is 0 Å². The quantitative estimate of drug-likeness (QED) is 0.774. The SMILES string of the molecule is Cc1noc(-c2cnc(N(C)C)nc2[C@H]2CCCN2C(=O)C2CCCCC2)c1C. The molecular weight excluding hydrogens is 366 g/mol. The summed E-state index contributed by atoms with van der Waals surface area (Å²) < 4.78 is 5.65. The lowest BCUT2D eigenvalue weighted by Gasteiger charge is -2.31. The van der Waals surface area contributed by atoms with E-state index in [0.717, 1.165) is 67.6 Å². The maximum absolute atomic E-state index is 13.4. The molecule has 0 unspecified atom stereocenters. The third kappa shape index (κ3) is 3.74. The first kappa shape index (κ1) is 19.9. The topological polar surface area (TPSA) is 75.4 Å². The highest BCUT2D eigenvalue weighted by Gasteiger charge is 2.37. The van der Waals surface area contributed by atoms with Gasteiger partial charge in [-0.1, -0.05) is 24.4 Å². The van der Waals surface area contributed by atoms with E-state index in [1.807, 2.05) is 39.0 Å². The number of carbonyl (C=O) groups is 1. The standard InChI is InChI=1S/C22H31N5O2/c1-14-15(2)25-29-20(14)17-13-23-22(26(3)4)24-19(17)18-11-8-12-27(18)21(28)16-9-6-5-7-10-16/h13,16,18H,5-12H2,1-4H3/t18-/m1/s1. The average Bonchev–Trinajstić information content (AvgIpc) is 3.35. The van der Waals surface area contributed by atoms with E-state index in [9.17, 15) is 4.79 Å². The first-order chi connectivity index (χ1) is 14.0. The van der Waals surface area contributed by atoms with Crippen molar-refractivity contribution in [2.45, 2.75) is 64.8 Å². The molecular formula is C22H31N5O2. The van der Waals surface area contributed by atoms with Gasteiger partial charge < -0.3 is 14.3 Å². The summed E-state index contributed by atoms with van der Waals surface area (Å²) in [7, 11) is 3.87. The van der Waals surface area contributed by atoms with Crippen LogP contribution in [0.2, 0.25) is 0 Å². The zero-order valence-corrected chi connectivity index (χ0v) is 17.9. The Morgan fingerprint density at radius 2 is 1.90 bits per heavy atom. The van der Waals surface area contributed by atoms with Crippen molar-refractivity contribution in [2.75, 3.05) is 25.5 Å². The summed E-state index contributed by atoms with van der Waals surface area (Å²) in [5.41, 5.74) is 3.59. The maximum Gasteiger partial charge on any atom is 0.226 e. The van der Waals surface area contributed by atoms with Crippen LogP contribution in [-0.2, 0) is 4.79 Å². The number of likely N-dealkylation sites (tertiary alicyclic amines) is 1. The average molecular weight is 398 g/mol. The van der Waals surface area contributed by atoms with Crippen molar-refractivity contribution in [1.82, 2.24) is 20.0 Å². The Hall–Kier alpha value is -2.44. The van der Waals surface area contributed by atoms with Crippen molar-refractivity contribution in [2.24, 2.45) is 5.92 Å². The molecule has 29 heavy (non-hydrogen) atoms. The van der Waals surface area contributed by atoms with Crippen LogP contribution >= 0.6 is 0 Å². The molecule has 2 aromatic rings. The molecule has 3 heterocycles. The fourth-order valence-electron chi connectivity index (χ4n) is 4.60. The third-order valence-corrected chi connectivity index (χ3v) is 6.41. The third-order valence-electron chi connectivity index (χ3n) is 6.41. The number of rotatable bonds is 4. The zero-order chi connectivity index (χ0) is 20.5. The fraction of sp³-hybridized carbons (Fsp3) is 0.636. The van der Waals surface area contributed by atoms with Crippen LogP contribution in [0.3, 0.4) is 0 Å². The summed E-state index contributed by atoms with van der Waals surface area (Å²) in [5, 5.41) is 4.12. The van der Waals surface area contributed by atoms with Gasteiger partial charge in [0.25, 0.3) is 0 Å². The van der Waals surface area contributed by atoms with Crippen LogP contribution in [0.15, 0.2) is 10.7 Å². The highest BCUT2D eigenvalue weighted by atomic mass is 16.5. The van der Waals surface area contributed by atoms with Crippen LogP contribution in [0.4, 0.5) is 5.95 Å². The van der Waals surface area contributed by atoms with Crippen molar-refractivity contribution < 1.29 is 9.32 Å². The number of hydrogen-bond donors (Lipinski definition) is 0. The van der Waals surface area contributed by atoms with Crippen LogP contribution in [0.5, 0.6) is 0 Å². The summed E-state index contributed by atoms with van der Waals surface area (Å²) in [6.45, 7) is 4.74. The Bertz CT molecular complexity index is 885. The Kier molecular flexibility index (Phi) is 5.56. The molecule has 2 aromatic heterocycles. The minimum Gasteiger partial charge on any atom is -0.356 e. The number of anilines is 1. The van der Waals surface area contributed by atoms with Gasteiger partial charge in [0.1, 0.15) is 0 Å². The lowest BCUT2D eigenvalue weighted by molar-refractivity contribution is -0.137. The Morgan fingerprint density at radius 3 is 2.55 bits per heavy atom. The fourth-order valence-corrected chi connectivity index (χ4v) is 4.60. The number of amides is 1. The van der Waals surface area contributed by atoms with E-state index in [4.69, 9.17) is 9.51 Å². The summed E-state index contributed by atoms with van der Waals surface area (Å²) in [6, 6.07) is -0.0362. The van der Waals surface area contributed by atoms with Gasteiger partial charge in [-0.2, -0.15) is 0 Å². The number of nitrogens with zero attached hydrogens (tertiary/aromatic N) is 5. The van der Waals surface area contributed by atoms with Gasteiger partial charge in [-0.05, 0) is 39.5 Å². The normalized spacial score (nSPS) is 20.3. The molecule has 7 heteroatoms. The molecule has 1 saturated heterocycles. The molecule has 0 N–H and O–H groups in total. The van der Waals surface area contributed by atoms with Crippen LogP contribution in [0, 0.1) is 19.8 Å². The molecule has 1 aliphatic heterocycles. The Morgan fingerprint density at radius 1 is 1.14 bits per heavy atom. The second kappa shape index (κ2) is 8.13. The van der Waals surface area contributed by atoms with Gasteiger partial charge in [0.2, 0.25) is 11.9 Å². The second-order valence-electron chi connectivity index (χ2n) is 8.61. The van der Waals surface area contributed by atoms with E-state index < -0.39 is 0 Å². The molecule has 0 spiro atoms. The number of hydrogen-bond acceptors (Lipinski definition) is 6. The Labute approximate surface area is 172 Å². The highest BCUT2D eigenvalue weighted by Crippen LogP contribution is 2.40. The van der Waals surface area contributed by atoms with Crippen molar-refractivity contribution in [3.8, 4) is 11.3 Å². The van der Waals surface area contributed by atoms with Gasteiger partial charge in [0.15, 0.2) is 5.76 Å².